The monoisotopic (exact) mass is 284 g/mol. The number of nitrogens with one attached hydrogen (secondary N) is 1. The number of rotatable bonds is 3. The van der Waals surface area contributed by atoms with Gasteiger partial charge in [-0.3, -0.25) is 14.8 Å². The first-order chi connectivity index (χ1) is 9.74. The van der Waals surface area contributed by atoms with Crippen molar-refractivity contribution in [3.8, 4) is 0 Å². The maximum atomic E-state index is 12.2. The van der Waals surface area contributed by atoms with Crippen LogP contribution in [0.5, 0.6) is 0 Å². The molecule has 0 atom stereocenters. The fourth-order valence-corrected chi connectivity index (χ4v) is 2.61. The van der Waals surface area contributed by atoms with E-state index in [-0.39, 0.29) is 5.91 Å². The van der Waals surface area contributed by atoms with E-state index in [1.807, 2.05) is 24.4 Å². The molecule has 3 aromatic heterocycles. The SMILES string of the molecule is Cc1csc(CNC(=O)c2cncc3cccnc23)n1. The van der Waals surface area contributed by atoms with E-state index in [9.17, 15) is 4.79 Å². The topological polar surface area (TPSA) is 67.8 Å². The third-order valence-corrected chi connectivity index (χ3v) is 3.79. The first-order valence-electron chi connectivity index (χ1n) is 6.12. The quantitative estimate of drug-likeness (QED) is 0.801. The molecule has 0 fully saturated rings. The van der Waals surface area contributed by atoms with Gasteiger partial charge in [0.25, 0.3) is 5.91 Å². The Morgan fingerprint density at radius 3 is 3.10 bits per heavy atom. The fraction of sp³-hybridized carbons (Fsp3) is 0.143. The highest BCUT2D eigenvalue weighted by Gasteiger charge is 2.11. The normalized spacial score (nSPS) is 10.7. The van der Waals surface area contributed by atoms with Crippen LogP contribution in [0.2, 0.25) is 0 Å². The van der Waals surface area contributed by atoms with Gasteiger partial charge < -0.3 is 5.32 Å². The Kier molecular flexibility index (Phi) is 3.39. The lowest BCUT2D eigenvalue weighted by molar-refractivity contribution is 0.0952. The lowest BCUT2D eigenvalue weighted by atomic mass is 10.2. The summed E-state index contributed by atoms with van der Waals surface area (Å²) in [6, 6.07) is 3.71. The summed E-state index contributed by atoms with van der Waals surface area (Å²) in [4.78, 5) is 24.9. The largest absolute Gasteiger partial charge is 0.345 e. The molecular formula is C14H12N4OS. The molecule has 0 aromatic carbocycles. The summed E-state index contributed by atoms with van der Waals surface area (Å²) in [6.45, 7) is 2.35. The summed E-state index contributed by atoms with van der Waals surface area (Å²) in [5.74, 6) is -0.186. The predicted octanol–water partition coefficient (Wildman–Crippen LogP) is 2.32. The molecule has 0 aliphatic heterocycles. The number of hydrogen-bond donors (Lipinski definition) is 1. The van der Waals surface area contributed by atoms with Crippen LogP contribution in [0.25, 0.3) is 10.9 Å². The lowest BCUT2D eigenvalue weighted by Crippen LogP contribution is -2.23. The van der Waals surface area contributed by atoms with Crippen LogP contribution in [0.4, 0.5) is 0 Å². The van der Waals surface area contributed by atoms with Crippen LogP contribution in [0.1, 0.15) is 21.1 Å². The smallest absolute Gasteiger partial charge is 0.255 e. The summed E-state index contributed by atoms with van der Waals surface area (Å²) < 4.78 is 0. The Morgan fingerprint density at radius 1 is 1.40 bits per heavy atom. The highest BCUT2D eigenvalue weighted by molar-refractivity contribution is 7.09. The molecule has 20 heavy (non-hydrogen) atoms. The van der Waals surface area contributed by atoms with Crippen LogP contribution < -0.4 is 5.32 Å². The third kappa shape index (κ3) is 2.50. The molecule has 0 saturated heterocycles. The minimum atomic E-state index is -0.186. The Balaban J connectivity index is 1.82. The summed E-state index contributed by atoms with van der Waals surface area (Å²) in [5.41, 5.74) is 2.11. The summed E-state index contributed by atoms with van der Waals surface area (Å²) in [7, 11) is 0. The maximum absolute atomic E-state index is 12.2. The summed E-state index contributed by atoms with van der Waals surface area (Å²) >= 11 is 1.53. The van der Waals surface area contributed by atoms with E-state index in [0.29, 0.717) is 17.6 Å². The Bertz CT molecular complexity index is 763. The number of thiazole rings is 1. The van der Waals surface area contributed by atoms with E-state index < -0.39 is 0 Å². The van der Waals surface area contributed by atoms with Gasteiger partial charge in [-0.2, -0.15) is 0 Å². The average molecular weight is 284 g/mol. The van der Waals surface area contributed by atoms with E-state index in [4.69, 9.17) is 0 Å². The molecule has 0 aliphatic carbocycles. The number of pyridine rings is 2. The average Bonchev–Trinajstić information content (AvgIpc) is 2.90. The second-order valence-electron chi connectivity index (χ2n) is 4.33. The molecule has 100 valence electrons. The molecule has 1 N–H and O–H groups in total. The van der Waals surface area contributed by atoms with E-state index in [0.717, 1.165) is 16.1 Å². The fourth-order valence-electron chi connectivity index (χ4n) is 1.90. The first-order valence-corrected chi connectivity index (χ1v) is 7.00. The maximum Gasteiger partial charge on any atom is 0.255 e. The van der Waals surface area contributed by atoms with Gasteiger partial charge in [-0.25, -0.2) is 4.98 Å². The van der Waals surface area contributed by atoms with Crippen LogP contribution in [0.3, 0.4) is 0 Å². The number of carbonyl (C=O) groups excluding carboxylic acids is 1. The van der Waals surface area contributed by atoms with Gasteiger partial charge in [-0.15, -0.1) is 11.3 Å². The third-order valence-electron chi connectivity index (χ3n) is 2.82. The van der Waals surface area contributed by atoms with E-state index in [2.05, 4.69) is 20.3 Å². The number of nitrogens with zero attached hydrogens (tertiary/aromatic N) is 3. The van der Waals surface area contributed by atoms with Gasteiger partial charge in [0.05, 0.1) is 17.6 Å². The molecule has 0 radical (unpaired) electrons. The van der Waals surface area contributed by atoms with E-state index in [1.54, 1.807) is 12.4 Å². The highest BCUT2D eigenvalue weighted by atomic mass is 32.1. The molecule has 0 saturated carbocycles. The summed E-state index contributed by atoms with van der Waals surface area (Å²) in [6.07, 6.45) is 4.91. The van der Waals surface area contributed by atoms with Gasteiger partial charge in [-0.1, -0.05) is 0 Å². The predicted molar refractivity (Wildman–Crippen MR) is 77.6 cm³/mol. The van der Waals surface area contributed by atoms with E-state index in [1.165, 1.54) is 17.5 Å². The number of amides is 1. The van der Waals surface area contributed by atoms with Crippen LogP contribution in [0, 0.1) is 6.92 Å². The van der Waals surface area contributed by atoms with Gasteiger partial charge in [0.1, 0.15) is 5.01 Å². The van der Waals surface area contributed by atoms with Crippen molar-refractivity contribution in [1.82, 2.24) is 20.3 Å². The van der Waals surface area contributed by atoms with Crippen LogP contribution in [-0.2, 0) is 6.54 Å². The van der Waals surface area contributed by atoms with Crippen molar-refractivity contribution < 1.29 is 4.79 Å². The minimum Gasteiger partial charge on any atom is -0.345 e. The van der Waals surface area contributed by atoms with Crippen LogP contribution in [-0.4, -0.2) is 20.9 Å². The molecule has 5 nitrogen and oxygen atoms in total. The molecule has 1 amide bonds. The molecule has 6 heteroatoms. The van der Waals surface area contributed by atoms with Crippen molar-refractivity contribution in [2.75, 3.05) is 0 Å². The molecular weight excluding hydrogens is 272 g/mol. The number of aromatic nitrogens is 3. The lowest BCUT2D eigenvalue weighted by Gasteiger charge is -2.05. The molecule has 0 aliphatic rings. The zero-order valence-corrected chi connectivity index (χ0v) is 11.6. The Labute approximate surface area is 119 Å². The zero-order chi connectivity index (χ0) is 13.9. The highest BCUT2D eigenvalue weighted by Crippen LogP contribution is 2.14. The Hall–Kier alpha value is -2.34. The Morgan fingerprint density at radius 2 is 2.30 bits per heavy atom. The van der Waals surface area contributed by atoms with Crippen molar-refractivity contribution in [1.29, 1.82) is 0 Å². The van der Waals surface area contributed by atoms with Gasteiger partial charge in [0.15, 0.2) is 0 Å². The first kappa shape index (κ1) is 12.7. The van der Waals surface area contributed by atoms with Crippen LogP contribution in [0.15, 0.2) is 36.1 Å². The minimum absolute atomic E-state index is 0.186. The molecule has 0 unspecified atom stereocenters. The van der Waals surface area contributed by atoms with Crippen molar-refractivity contribution in [3.05, 3.63) is 52.4 Å². The van der Waals surface area contributed by atoms with Gasteiger partial charge in [-0.05, 0) is 19.1 Å². The second kappa shape index (κ2) is 5.34. The van der Waals surface area contributed by atoms with Crippen LogP contribution >= 0.6 is 11.3 Å². The molecule has 0 spiro atoms. The van der Waals surface area contributed by atoms with E-state index >= 15 is 0 Å². The van der Waals surface area contributed by atoms with Gasteiger partial charge in [0.2, 0.25) is 0 Å². The molecule has 3 rings (SSSR count). The number of carbonyl (C=O) groups is 1. The van der Waals surface area contributed by atoms with Crippen molar-refractivity contribution in [2.45, 2.75) is 13.5 Å². The van der Waals surface area contributed by atoms with Crippen molar-refractivity contribution >= 4 is 28.1 Å². The standard InChI is InChI=1S/C14H12N4OS/c1-9-8-20-12(18-9)7-17-14(19)11-6-15-5-10-3-2-4-16-13(10)11/h2-6,8H,7H2,1H3,(H,17,19). The van der Waals surface area contributed by atoms with Gasteiger partial charge in [0, 0.05) is 35.1 Å². The van der Waals surface area contributed by atoms with Crippen molar-refractivity contribution in [2.24, 2.45) is 0 Å². The number of fused-ring (bicyclic) bond motifs is 1. The molecule has 3 aromatic rings. The van der Waals surface area contributed by atoms with Crippen molar-refractivity contribution in [3.63, 3.8) is 0 Å². The zero-order valence-electron chi connectivity index (χ0n) is 10.8. The number of aryl methyl sites for hydroxylation is 1. The number of hydrogen-bond acceptors (Lipinski definition) is 5. The molecule has 0 bridgehead atoms. The molecule has 3 heterocycles. The summed E-state index contributed by atoms with van der Waals surface area (Å²) in [5, 5.41) is 6.55. The second-order valence-corrected chi connectivity index (χ2v) is 5.27. The van der Waals surface area contributed by atoms with Gasteiger partial charge >= 0.3 is 0 Å².